The summed E-state index contributed by atoms with van der Waals surface area (Å²) in [5.41, 5.74) is -3.68. The minimum atomic E-state index is -1.94. The van der Waals surface area contributed by atoms with Gasteiger partial charge in [-0.2, -0.15) is 0 Å². The lowest BCUT2D eigenvalue weighted by Crippen LogP contribution is -2.61. The minimum absolute atomic E-state index is 0.0169. The third-order valence-electron chi connectivity index (χ3n) is 13.6. The molecule has 4 saturated heterocycles. The molecular formula is C44H72N2O13. The Kier molecular flexibility index (Phi) is 15.2. The smallest absolute Gasteiger partial charge is 0.311 e. The van der Waals surface area contributed by atoms with E-state index in [1.165, 1.54) is 14.0 Å². The summed E-state index contributed by atoms with van der Waals surface area (Å²) in [6.07, 6.45) is -9.68. The number of methoxy groups -OCH3 is 1. The number of carbonyl (C=O) groups excluding carboxylic acids is 1. The number of esters is 1. The number of rotatable bonds is 8. The fourth-order valence-electron chi connectivity index (χ4n) is 9.81. The summed E-state index contributed by atoms with van der Waals surface area (Å²) in [4.78, 5) is 21.1. The van der Waals surface area contributed by atoms with Gasteiger partial charge >= 0.3 is 5.97 Å². The number of aliphatic hydroxyl groups excluding tert-OH is 3. The van der Waals surface area contributed by atoms with E-state index in [-0.39, 0.29) is 31.4 Å². The van der Waals surface area contributed by atoms with Crippen LogP contribution >= 0.6 is 0 Å². The first-order chi connectivity index (χ1) is 27.6. The summed E-state index contributed by atoms with van der Waals surface area (Å²) >= 11 is 0. The van der Waals surface area contributed by atoms with Gasteiger partial charge in [0.1, 0.15) is 17.8 Å². The topological polar surface area (TPSA) is 198 Å². The summed E-state index contributed by atoms with van der Waals surface area (Å²) in [6.45, 7) is 17.4. The fraction of sp³-hybridized carbons (Fsp3) is 0.818. The Hall–Kier alpha value is -2.44. The number of aliphatic imine (C=N–C) groups is 1. The summed E-state index contributed by atoms with van der Waals surface area (Å²) in [5.74, 6) is -4.07. The minimum Gasteiger partial charge on any atom is -0.459 e. The number of hydrogen-bond donors (Lipinski definition) is 5. The number of hydrogen-bond acceptors (Lipinski definition) is 14. The summed E-state index contributed by atoms with van der Waals surface area (Å²) in [5, 5.41) is 58.7. The first kappa shape index (κ1) is 47.6. The van der Waals surface area contributed by atoms with E-state index in [9.17, 15) is 30.3 Å². The van der Waals surface area contributed by atoms with Crippen molar-refractivity contribution in [2.75, 3.05) is 14.2 Å². The van der Waals surface area contributed by atoms with Crippen molar-refractivity contribution in [1.82, 2.24) is 4.90 Å². The van der Waals surface area contributed by atoms with Crippen molar-refractivity contribution < 1.29 is 63.5 Å². The first-order valence-corrected chi connectivity index (χ1v) is 21.4. The fourth-order valence-corrected chi connectivity index (χ4v) is 9.81. The third-order valence-corrected chi connectivity index (χ3v) is 13.6. The molecule has 59 heavy (non-hydrogen) atoms. The molecule has 15 nitrogen and oxygen atoms in total. The maximum Gasteiger partial charge on any atom is 0.311 e. The largest absolute Gasteiger partial charge is 0.459 e. The van der Waals surface area contributed by atoms with Gasteiger partial charge in [0.15, 0.2) is 18.7 Å². The van der Waals surface area contributed by atoms with Gasteiger partial charge in [0.2, 0.25) is 0 Å². The number of fused-ring (bicyclic) bond motifs is 1. The van der Waals surface area contributed by atoms with Gasteiger partial charge in [-0.15, -0.1) is 0 Å². The van der Waals surface area contributed by atoms with Crippen LogP contribution in [-0.4, -0.2) is 147 Å². The van der Waals surface area contributed by atoms with E-state index in [1.54, 1.807) is 48.5 Å². The highest BCUT2D eigenvalue weighted by Crippen LogP contribution is 2.42. The Morgan fingerprint density at radius 2 is 1.56 bits per heavy atom. The summed E-state index contributed by atoms with van der Waals surface area (Å²) in [6, 6.07) is 10.1. The van der Waals surface area contributed by atoms with Gasteiger partial charge in [0.25, 0.3) is 6.02 Å². The molecule has 336 valence electrons. The number of carbonyl (C=O) groups is 1. The van der Waals surface area contributed by atoms with Crippen LogP contribution in [0.1, 0.15) is 100 Å². The van der Waals surface area contributed by atoms with Crippen molar-refractivity contribution in [2.24, 2.45) is 28.7 Å². The molecule has 19 atom stereocenters. The zero-order chi connectivity index (χ0) is 43.8. The highest BCUT2D eigenvalue weighted by molar-refractivity contribution is 5.76. The Morgan fingerprint density at radius 1 is 0.898 bits per heavy atom. The second-order valence-corrected chi connectivity index (χ2v) is 18.5. The van der Waals surface area contributed by atoms with Crippen LogP contribution < -0.4 is 0 Å². The SMILES string of the molecule is CC[C@H]1OC(=O)[C@H](C)C(O[C@H]2C[C@@](C)(OC)[C@@H](O)[C@H](C)O2)[C@H](C)[C@@H](O[C@@H]2O[C@H](C)CC3[C@H]2OC(=NCc2ccccc2)N3C)[C@](C)(O)C[C@@H](C)[C@H](O)[C@H](C)C(O)[C@]1(C)O. The lowest BCUT2D eigenvalue weighted by molar-refractivity contribution is -0.314. The van der Waals surface area contributed by atoms with Gasteiger partial charge < -0.3 is 63.6 Å². The van der Waals surface area contributed by atoms with E-state index in [4.69, 9.17) is 38.2 Å². The highest BCUT2D eigenvalue weighted by Gasteiger charge is 2.55. The molecule has 1 aromatic carbocycles. The standard InChI is InChI=1S/C44H72N2O13/c1-13-31-44(10,52)36(48)25(4)33(47)23(2)20-42(8,51)38(26(5)34(27(6)39(50)56-31)57-32-21-43(9,53-12)37(49)28(7)55-32)59-40-35-30(19-24(3)54-40)46(11)41(58-35)45-22-29-17-15-14-16-18-29/h14-18,23-28,30-38,40,47-49,51-52H,13,19-22H2,1-12H3/t23-,24-,25+,26+,27-,28+,30?,31-,32+,33+,34?,35-,36?,37+,38-,40+,42-,43-,44-/m1/s1. The van der Waals surface area contributed by atoms with Gasteiger partial charge in [-0.05, 0) is 72.3 Å². The molecule has 0 aromatic heterocycles. The molecule has 0 aliphatic carbocycles. The molecule has 0 saturated carbocycles. The molecule has 4 heterocycles. The van der Waals surface area contributed by atoms with Crippen molar-refractivity contribution in [3.8, 4) is 0 Å². The molecule has 0 spiro atoms. The van der Waals surface area contributed by atoms with Crippen LogP contribution in [0.4, 0.5) is 0 Å². The molecule has 0 radical (unpaired) electrons. The van der Waals surface area contributed by atoms with Crippen LogP contribution in [0.3, 0.4) is 0 Å². The van der Waals surface area contributed by atoms with E-state index >= 15 is 0 Å². The van der Waals surface area contributed by atoms with Crippen LogP contribution in [0.15, 0.2) is 35.3 Å². The molecule has 15 heteroatoms. The van der Waals surface area contributed by atoms with Crippen molar-refractivity contribution in [3.63, 3.8) is 0 Å². The Bertz CT molecular complexity index is 1560. The number of nitrogens with zero attached hydrogens (tertiary/aromatic N) is 2. The van der Waals surface area contributed by atoms with Gasteiger partial charge in [0.05, 0.1) is 66.3 Å². The Morgan fingerprint density at radius 3 is 2.19 bits per heavy atom. The van der Waals surface area contributed by atoms with Crippen LogP contribution in [-0.2, 0) is 44.5 Å². The van der Waals surface area contributed by atoms with Crippen LogP contribution in [0.2, 0.25) is 0 Å². The Labute approximate surface area is 350 Å². The second-order valence-electron chi connectivity index (χ2n) is 18.5. The number of likely N-dealkylation sites (N-methyl/N-ethyl adjacent to an activating group) is 1. The molecule has 5 N–H and O–H groups in total. The molecule has 3 unspecified atom stereocenters. The summed E-state index contributed by atoms with van der Waals surface area (Å²) < 4.78 is 44.7. The van der Waals surface area contributed by atoms with Gasteiger partial charge in [-0.25, -0.2) is 4.99 Å². The van der Waals surface area contributed by atoms with Gasteiger partial charge in [-0.1, -0.05) is 58.0 Å². The zero-order valence-corrected chi connectivity index (χ0v) is 37.1. The number of amidine groups is 1. The van der Waals surface area contributed by atoms with Crippen molar-refractivity contribution in [2.45, 2.75) is 192 Å². The number of ether oxygens (including phenoxy) is 7. The van der Waals surface area contributed by atoms with E-state index < -0.39 is 108 Å². The molecule has 5 rings (SSSR count). The molecule has 1 aromatic rings. The van der Waals surface area contributed by atoms with Crippen LogP contribution in [0.25, 0.3) is 0 Å². The molecule has 0 bridgehead atoms. The van der Waals surface area contributed by atoms with Gasteiger partial charge in [0, 0.05) is 32.4 Å². The highest BCUT2D eigenvalue weighted by atomic mass is 16.7. The van der Waals surface area contributed by atoms with Crippen molar-refractivity contribution >= 4 is 12.0 Å². The normalized spacial score (nSPS) is 47.2. The number of cyclic esters (lactones) is 1. The second kappa shape index (κ2) is 18.9. The predicted molar refractivity (Wildman–Crippen MR) is 218 cm³/mol. The molecule has 4 fully saturated rings. The quantitative estimate of drug-likeness (QED) is 0.239. The first-order valence-electron chi connectivity index (χ1n) is 21.4. The van der Waals surface area contributed by atoms with Crippen molar-refractivity contribution in [3.05, 3.63) is 35.9 Å². The van der Waals surface area contributed by atoms with Crippen LogP contribution in [0, 0.1) is 23.7 Å². The third kappa shape index (κ3) is 10.1. The number of benzene rings is 1. The number of aliphatic hydroxyl groups is 5. The van der Waals surface area contributed by atoms with Gasteiger partial charge in [-0.3, -0.25) is 4.79 Å². The molecular weight excluding hydrogens is 764 g/mol. The average Bonchev–Trinajstić information content (AvgIpc) is 3.51. The maximum absolute atomic E-state index is 14.3. The molecule has 4 aliphatic heterocycles. The average molecular weight is 837 g/mol. The molecule has 0 amide bonds. The lowest BCUT2D eigenvalue weighted by Gasteiger charge is -2.49. The Balaban J connectivity index is 1.56. The summed E-state index contributed by atoms with van der Waals surface area (Å²) in [7, 11) is 3.43. The predicted octanol–water partition coefficient (Wildman–Crippen LogP) is 3.54. The zero-order valence-electron chi connectivity index (χ0n) is 37.1. The van der Waals surface area contributed by atoms with Crippen LogP contribution in [0.5, 0.6) is 0 Å². The van der Waals surface area contributed by atoms with E-state index in [2.05, 4.69) is 0 Å². The molecule has 4 aliphatic rings. The van der Waals surface area contributed by atoms with E-state index in [0.29, 0.717) is 19.0 Å². The maximum atomic E-state index is 14.3. The monoisotopic (exact) mass is 837 g/mol. The van der Waals surface area contributed by atoms with E-state index in [0.717, 1.165) is 5.56 Å². The lowest BCUT2D eigenvalue weighted by atomic mass is 9.73. The van der Waals surface area contributed by atoms with Crippen molar-refractivity contribution in [1.29, 1.82) is 0 Å². The van der Waals surface area contributed by atoms with E-state index in [1.807, 2.05) is 56.1 Å².